The fraction of sp³-hybridized carbons (Fsp3) is 0.438. The lowest BCUT2D eigenvalue weighted by molar-refractivity contribution is 0.0529. The normalized spacial score (nSPS) is 19.0. The molecule has 0 spiro atoms. The summed E-state index contributed by atoms with van der Waals surface area (Å²) in [6.45, 7) is 4.40. The maximum Gasteiger partial charge on any atom is 0.257 e. The quantitative estimate of drug-likeness (QED) is 0.782. The van der Waals surface area contributed by atoms with Gasteiger partial charge in [-0.3, -0.25) is 4.79 Å². The monoisotopic (exact) mass is 289 g/mol. The second-order valence-electron chi connectivity index (χ2n) is 5.31. The van der Waals surface area contributed by atoms with Gasteiger partial charge in [0.2, 0.25) is 0 Å². The summed E-state index contributed by atoms with van der Waals surface area (Å²) in [5, 5.41) is 0. The van der Waals surface area contributed by atoms with E-state index in [-0.39, 0.29) is 24.1 Å². The van der Waals surface area contributed by atoms with Crippen LogP contribution in [-0.4, -0.2) is 55.0 Å². The van der Waals surface area contributed by atoms with Crippen molar-refractivity contribution in [3.63, 3.8) is 0 Å². The summed E-state index contributed by atoms with van der Waals surface area (Å²) in [6.07, 6.45) is 0. The van der Waals surface area contributed by atoms with Gasteiger partial charge in [0.25, 0.3) is 5.91 Å². The molecule has 21 heavy (non-hydrogen) atoms. The minimum atomic E-state index is -0.510. The molecule has 0 radical (unpaired) electrons. The molecule has 0 saturated carbocycles. The van der Waals surface area contributed by atoms with Crippen molar-refractivity contribution >= 4 is 5.91 Å². The summed E-state index contributed by atoms with van der Waals surface area (Å²) < 4.78 is 14.0. The Balaban J connectivity index is 2.26. The van der Waals surface area contributed by atoms with E-state index in [1.165, 1.54) is 12.1 Å². The molecule has 1 unspecified atom stereocenters. The second-order valence-corrected chi connectivity index (χ2v) is 5.31. The molecule has 1 aliphatic rings. The van der Waals surface area contributed by atoms with Crippen molar-refractivity contribution in [2.45, 2.75) is 13.0 Å². The standard InChI is InChI=1S/C16H20FN3O/c1-12-11-19(2)8-9-20(12)16(21)14-10-13(4-3-7-18)5-6-15(14)17/h5-6,10,12H,7-9,11,18H2,1-2H3. The molecule has 1 fully saturated rings. The van der Waals surface area contributed by atoms with Gasteiger partial charge >= 0.3 is 0 Å². The van der Waals surface area contributed by atoms with Crippen molar-refractivity contribution in [1.29, 1.82) is 0 Å². The summed E-state index contributed by atoms with van der Waals surface area (Å²) in [5.74, 6) is 4.75. The van der Waals surface area contributed by atoms with Gasteiger partial charge < -0.3 is 15.5 Å². The SMILES string of the molecule is CC1CN(C)CCN1C(=O)c1cc(C#CCN)ccc1F. The van der Waals surface area contributed by atoms with Gasteiger partial charge in [-0.2, -0.15) is 0 Å². The zero-order chi connectivity index (χ0) is 15.4. The number of amides is 1. The minimum absolute atomic E-state index is 0.0643. The van der Waals surface area contributed by atoms with E-state index < -0.39 is 5.82 Å². The van der Waals surface area contributed by atoms with Gasteiger partial charge in [-0.05, 0) is 32.2 Å². The van der Waals surface area contributed by atoms with E-state index in [9.17, 15) is 9.18 Å². The van der Waals surface area contributed by atoms with Crippen molar-refractivity contribution in [3.05, 3.63) is 35.1 Å². The fourth-order valence-corrected chi connectivity index (χ4v) is 2.52. The number of carbonyl (C=O) groups is 1. The second kappa shape index (κ2) is 6.70. The highest BCUT2D eigenvalue weighted by atomic mass is 19.1. The molecule has 4 nitrogen and oxygen atoms in total. The van der Waals surface area contributed by atoms with Gasteiger partial charge in [0, 0.05) is 31.2 Å². The van der Waals surface area contributed by atoms with Crippen molar-refractivity contribution in [2.75, 3.05) is 33.2 Å². The Morgan fingerprint density at radius 2 is 2.24 bits per heavy atom. The molecule has 2 N–H and O–H groups in total. The maximum atomic E-state index is 14.0. The topological polar surface area (TPSA) is 49.6 Å². The number of hydrogen-bond donors (Lipinski definition) is 1. The lowest BCUT2D eigenvalue weighted by Gasteiger charge is -2.38. The predicted octanol–water partition coefficient (Wildman–Crippen LogP) is 0.912. The molecule has 0 aromatic heterocycles. The fourth-order valence-electron chi connectivity index (χ4n) is 2.52. The van der Waals surface area contributed by atoms with Crippen LogP contribution in [-0.2, 0) is 0 Å². The maximum absolute atomic E-state index is 14.0. The zero-order valence-electron chi connectivity index (χ0n) is 12.4. The van der Waals surface area contributed by atoms with E-state index >= 15 is 0 Å². The third-order valence-electron chi connectivity index (χ3n) is 3.62. The molecule has 1 heterocycles. The lowest BCUT2D eigenvalue weighted by atomic mass is 10.1. The van der Waals surface area contributed by atoms with Crippen LogP contribution >= 0.6 is 0 Å². The van der Waals surface area contributed by atoms with E-state index in [1.807, 2.05) is 14.0 Å². The number of carbonyl (C=O) groups excluding carboxylic acids is 1. The van der Waals surface area contributed by atoms with Gasteiger partial charge in [0.05, 0.1) is 12.1 Å². The first kappa shape index (κ1) is 15.5. The van der Waals surface area contributed by atoms with Crippen LogP contribution in [0.25, 0.3) is 0 Å². The van der Waals surface area contributed by atoms with Crippen LogP contribution in [0.15, 0.2) is 18.2 Å². The highest BCUT2D eigenvalue weighted by Crippen LogP contribution is 2.17. The number of nitrogens with zero attached hydrogens (tertiary/aromatic N) is 2. The Labute approximate surface area is 124 Å². The molecule has 0 aliphatic carbocycles. The average Bonchev–Trinajstić information content (AvgIpc) is 2.46. The molecular weight excluding hydrogens is 269 g/mol. The van der Waals surface area contributed by atoms with Crippen molar-refractivity contribution in [2.24, 2.45) is 5.73 Å². The number of hydrogen-bond acceptors (Lipinski definition) is 3. The Kier molecular flexibility index (Phi) is 4.94. The largest absolute Gasteiger partial charge is 0.333 e. The van der Waals surface area contributed by atoms with Gasteiger partial charge in [0.1, 0.15) is 5.82 Å². The van der Waals surface area contributed by atoms with Crippen LogP contribution in [0.4, 0.5) is 4.39 Å². The van der Waals surface area contributed by atoms with Gasteiger partial charge in [-0.1, -0.05) is 11.8 Å². The van der Waals surface area contributed by atoms with E-state index in [0.29, 0.717) is 12.1 Å². The summed E-state index contributed by atoms with van der Waals surface area (Å²) in [5.41, 5.74) is 6.01. The third-order valence-corrected chi connectivity index (χ3v) is 3.62. The van der Waals surface area contributed by atoms with Gasteiger partial charge in [-0.15, -0.1) is 0 Å². The zero-order valence-corrected chi connectivity index (χ0v) is 12.4. The van der Waals surface area contributed by atoms with Crippen molar-refractivity contribution < 1.29 is 9.18 Å². The Bertz CT molecular complexity index is 591. The van der Waals surface area contributed by atoms with Crippen LogP contribution in [0.5, 0.6) is 0 Å². The smallest absolute Gasteiger partial charge is 0.257 e. The van der Waals surface area contributed by atoms with E-state index in [2.05, 4.69) is 16.7 Å². The average molecular weight is 289 g/mol. The molecule has 0 bridgehead atoms. The van der Waals surface area contributed by atoms with Crippen LogP contribution in [0.1, 0.15) is 22.8 Å². The van der Waals surface area contributed by atoms with Crippen molar-refractivity contribution in [1.82, 2.24) is 9.80 Å². The highest BCUT2D eigenvalue weighted by molar-refractivity contribution is 5.95. The Morgan fingerprint density at radius 1 is 1.48 bits per heavy atom. The molecule has 2 rings (SSSR count). The first-order valence-electron chi connectivity index (χ1n) is 7.01. The molecule has 1 aromatic carbocycles. The van der Waals surface area contributed by atoms with Gasteiger partial charge in [0.15, 0.2) is 0 Å². The molecular formula is C16H20FN3O. The number of rotatable bonds is 1. The Morgan fingerprint density at radius 3 is 2.90 bits per heavy atom. The highest BCUT2D eigenvalue weighted by Gasteiger charge is 2.28. The number of halogens is 1. The van der Waals surface area contributed by atoms with E-state index in [0.717, 1.165) is 13.1 Å². The summed E-state index contributed by atoms with van der Waals surface area (Å²) in [6, 6.07) is 4.41. The van der Waals surface area contributed by atoms with E-state index in [4.69, 9.17) is 5.73 Å². The van der Waals surface area contributed by atoms with E-state index in [1.54, 1.807) is 11.0 Å². The van der Waals surface area contributed by atoms with Crippen molar-refractivity contribution in [3.8, 4) is 11.8 Å². The number of piperazine rings is 1. The first-order chi connectivity index (χ1) is 10.0. The third kappa shape index (κ3) is 3.60. The first-order valence-corrected chi connectivity index (χ1v) is 7.01. The molecule has 112 valence electrons. The predicted molar refractivity (Wildman–Crippen MR) is 80.3 cm³/mol. The summed E-state index contributed by atoms with van der Waals surface area (Å²) in [7, 11) is 2.02. The molecule has 5 heteroatoms. The molecule has 1 aromatic rings. The number of benzene rings is 1. The molecule has 1 saturated heterocycles. The molecule has 1 amide bonds. The molecule has 1 atom stereocenters. The van der Waals surface area contributed by atoms with Crippen LogP contribution in [0, 0.1) is 17.7 Å². The Hall–Kier alpha value is -1.90. The van der Waals surface area contributed by atoms with Crippen LogP contribution < -0.4 is 5.73 Å². The minimum Gasteiger partial charge on any atom is -0.333 e. The summed E-state index contributed by atoms with van der Waals surface area (Å²) in [4.78, 5) is 16.4. The molecule has 1 aliphatic heterocycles. The number of likely N-dealkylation sites (N-methyl/N-ethyl adjacent to an activating group) is 1. The number of nitrogens with two attached hydrogens (primary N) is 1. The van der Waals surface area contributed by atoms with Gasteiger partial charge in [-0.25, -0.2) is 4.39 Å². The summed E-state index contributed by atoms with van der Waals surface area (Å²) >= 11 is 0. The lowest BCUT2D eigenvalue weighted by Crippen LogP contribution is -2.52. The van der Waals surface area contributed by atoms with Crippen LogP contribution in [0.2, 0.25) is 0 Å². The van der Waals surface area contributed by atoms with Crippen LogP contribution in [0.3, 0.4) is 0 Å².